The number of rotatable bonds is 4. The van der Waals surface area contributed by atoms with Gasteiger partial charge in [0.1, 0.15) is 5.76 Å². The quantitative estimate of drug-likeness (QED) is 0.839. The van der Waals surface area contributed by atoms with Crippen molar-refractivity contribution in [3.63, 3.8) is 0 Å². The average Bonchev–Trinajstić information content (AvgIpc) is 2.74. The molecule has 4 heteroatoms. The van der Waals surface area contributed by atoms with Crippen molar-refractivity contribution in [2.75, 3.05) is 5.73 Å². The summed E-state index contributed by atoms with van der Waals surface area (Å²) < 4.78 is 5.25. The highest BCUT2D eigenvalue weighted by atomic mass is 35.5. The van der Waals surface area contributed by atoms with Crippen molar-refractivity contribution >= 4 is 29.1 Å². The van der Waals surface area contributed by atoms with E-state index in [2.05, 4.69) is 0 Å². The first-order valence-corrected chi connectivity index (χ1v) is 6.43. The van der Waals surface area contributed by atoms with Gasteiger partial charge in [0.15, 0.2) is 0 Å². The number of anilines is 1. The summed E-state index contributed by atoms with van der Waals surface area (Å²) in [4.78, 5) is 0. The minimum Gasteiger partial charge on any atom is -0.468 e. The minimum atomic E-state index is 0.699. The highest BCUT2D eigenvalue weighted by Gasteiger charge is 2.02. The van der Waals surface area contributed by atoms with Gasteiger partial charge < -0.3 is 10.2 Å². The molecule has 0 aliphatic heterocycles. The van der Waals surface area contributed by atoms with E-state index in [1.54, 1.807) is 24.1 Å². The molecule has 0 spiro atoms. The fraction of sp³-hybridized carbons (Fsp3) is 0.167. The Kier molecular flexibility index (Phi) is 3.80. The summed E-state index contributed by atoms with van der Waals surface area (Å²) in [5.74, 6) is 2.70. The number of halogens is 1. The molecule has 1 aromatic heterocycles. The predicted molar refractivity (Wildman–Crippen MR) is 69.6 cm³/mol. The van der Waals surface area contributed by atoms with Gasteiger partial charge in [-0.3, -0.25) is 0 Å². The van der Waals surface area contributed by atoms with E-state index < -0.39 is 0 Å². The first-order chi connectivity index (χ1) is 7.75. The van der Waals surface area contributed by atoms with Gasteiger partial charge in [-0.1, -0.05) is 17.7 Å². The van der Waals surface area contributed by atoms with Gasteiger partial charge in [0, 0.05) is 16.5 Å². The third-order valence-corrected chi connectivity index (χ3v) is 3.51. The zero-order chi connectivity index (χ0) is 11.4. The van der Waals surface area contributed by atoms with Crippen LogP contribution in [0.1, 0.15) is 11.3 Å². The minimum absolute atomic E-state index is 0.699. The lowest BCUT2D eigenvalue weighted by molar-refractivity contribution is 0.530. The van der Waals surface area contributed by atoms with E-state index in [-0.39, 0.29) is 0 Å². The number of benzene rings is 1. The van der Waals surface area contributed by atoms with E-state index in [9.17, 15) is 0 Å². The third-order valence-electron chi connectivity index (χ3n) is 2.16. The zero-order valence-electron chi connectivity index (χ0n) is 8.65. The van der Waals surface area contributed by atoms with Gasteiger partial charge in [-0.2, -0.15) is 0 Å². The van der Waals surface area contributed by atoms with Crippen molar-refractivity contribution in [1.29, 1.82) is 0 Å². The van der Waals surface area contributed by atoms with Crippen LogP contribution < -0.4 is 5.73 Å². The van der Waals surface area contributed by atoms with Gasteiger partial charge in [-0.25, -0.2) is 0 Å². The Labute approximate surface area is 104 Å². The second-order valence-corrected chi connectivity index (χ2v) is 4.82. The van der Waals surface area contributed by atoms with Crippen molar-refractivity contribution in [2.24, 2.45) is 0 Å². The van der Waals surface area contributed by atoms with E-state index in [1.807, 2.05) is 24.3 Å². The van der Waals surface area contributed by atoms with Crippen LogP contribution in [0.4, 0.5) is 5.69 Å². The van der Waals surface area contributed by atoms with Crippen LogP contribution >= 0.6 is 23.4 Å². The van der Waals surface area contributed by atoms with E-state index >= 15 is 0 Å². The Morgan fingerprint density at radius 1 is 1.25 bits per heavy atom. The van der Waals surface area contributed by atoms with Crippen molar-refractivity contribution in [3.05, 3.63) is 52.9 Å². The number of thioether (sulfide) groups is 1. The Bertz CT molecular complexity index is 456. The summed E-state index contributed by atoms with van der Waals surface area (Å²) in [6.07, 6.45) is 1.69. The molecule has 16 heavy (non-hydrogen) atoms. The largest absolute Gasteiger partial charge is 0.468 e. The van der Waals surface area contributed by atoms with Gasteiger partial charge in [0.2, 0.25) is 0 Å². The van der Waals surface area contributed by atoms with E-state index in [4.69, 9.17) is 21.8 Å². The predicted octanol–water partition coefficient (Wildman–Crippen LogP) is 3.95. The van der Waals surface area contributed by atoms with Gasteiger partial charge in [-0.15, -0.1) is 11.8 Å². The lowest BCUT2D eigenvalue weighted by Gasteiger charge is -2.04. The van der Waals surface area contributed by atoms with Gasteiger partial charge in [-0.05, 0) is 29.8 Å². The van der Waals surface area contributed by atoms with Crippen LogP contribution in [0.3, 0.4) is 0 Å². The lowest BCUT2D eigenvalue weighted by atomic mass is 10.2. The van der Waals surface area contributed by atoms with Crippen LogP contribution in [0.2, 0.25) is 5.02 Å². The molecule has 0 radical (unpaired) electrons. The normalized spacial score (nSPS) is 10.6. The summed E-state index contributed by atoms with van der Waals surface area (Å²) in [5, 5.41) is 0.729. The first-order valence-electron chi connectivity index (χ1n) is 4.90. The smallest absolute Gasteiger partial charge is 0.113 e. The van der Waals surface area contributed by atoms with E-state index in [0.29, 0.717) is 5.69 Å². The average molecular weight is 254 g/mol. The first kappa shape index (κ1) is 11.4. The molecule has 0 bridgehead atoms. The maximum absolute atomic E-state index is 6.07. The van der Waals surface area contributed by atoms with Gasteiger partial charge in [0.25, 0.3) is 0 Å². The Hall–Kier alpha value is -1.06. The number of nitrogen functional groups attached to an aromatic ring is 1. The highest BCUT2D eigenvalue weighted by Crippen LogP contribution is 2.25. The molecule has 0 atom stereocenters. The van der Waals surface area contributed by atoms with Crippen molar-refractivity contribution in [3.8, 4) is 0 Å². The molecule has 0 saturated carbocycles. The lowest BCUT2D eigenvalue weighted by Crippen LogP contribution is -1.88. The summed E-state index contributed by atoms with van der Waals surface area (Å²) in [6.45, 7) is 0. The number of hydrogen-bond acceptors (Lipinski definition) is 3. The summed E-state index contributed by atoms with van der Waals surface area (Å²) in [5.41, 5.74) is 7.43. The van der Waals surface area contributed by atoms with Crippen molar-refractivity contribution in [1.82, 2.24) is 0 Å². The molecule has 0 aliphatic rings. The molecule has 0 fully saturated rings. The standard InChI is InChI=1S/C12H12ClNOS/c13-12-6-10(14)4-3-9(12)7-16-8-11-2-1-5-15-11/h1-6H,7-8,14H2. The number of nitrogens with two attached hydrogens (primary N) is 1. The number of hydrogen-bond donors (Lipinski definition) is 1. The Balaban J connectivity index is 1.90. The fourth-order valence-corrected chi connectivity index (χ4v) is 2.61. The molecule has 0 amide bonds. The monoisotopic (exact) mass is 253 g/mol. The molecule has 2 nitrogen and oxygen atoms in total. The molecule has 1 heterocycles. The van der Waals surface area contributed by atoms with Crippen LogP contribution in [0.25, 0.3) is 0 Å². The molecule has 0 unspecified atom stereocenters. The summed E-state index contributed by atoms with van der Waals surface area (Å²) >= 11 is 7.84. The maximum Gasteiger partial charge on any atom is 0.113 e. The highest BCUT2D eigenvalue weighted by molar-refractivity contribution is 7.97. The zero-order valence-corrected chi connectivity index (χ0v) is 10.2. The van der Waals surface area contributed by atoms with Crippen molar-refractivity contribution < 1.29 is 4.42 Å². The van der Waals surface area contributed by atoms with Crippen LogP contribution in [-0.4, -0.2) is 0 Å². The second-order valence-electron chi connectivity index (χ2n) is 3.42. The molecule has 2 rings (SSSR count). The molecule has 2 N–H and O–H groups in total. The molecule has 0 aliphatic carbocycles. The van der Waals surface area contributed by atoms with Crippen LogP contribution in [0.15, 0.2) is 41.0 Å². The topological polar surface area (TPSA) is 39.2 Å². The third kappa shape index (κ3) is 2.97. The molecule has 1 aromatic carbocycles. The van der Waals surface area contributed by atoms with Crippen LogP contribution in [0.5, 0.6) is 0 Å². The fourth-order valence-electron chi connectivity index (χ4n) is 1.34. The maximum atomic E-state index is 6.07. The Morgan fingerprint density at radius 2 is 2.12 bits per heavy atom. The van der Waals surface area contributed by atoms with Crippen LogP contribution in [0, 0.1) is 0 Å². The van der Waals surface area contributed by atoms with Crippen molar-refractivity contribution in [2.45, 2.75) is 11.5 Å². The second kappa shape index (κ2) is 5.32. The summed E-state index contributed by atoms with van der Waals surface area (Å²) in [7, 11) is 0. The van der Waals surface area contributed by atoms with Gasteiger partial charge >= 0.3 is 0 Å². The molecule has 0 saturated heterocycles. The number of furan rings is 1. The SMILES string of the molecule is Nc1ccc(CSCc2ccco2)c(Cl)c1. The van der Waals surface area contributed by atoms with E-state index in [0.717, 1.165) is 27.9 Å². The molecular weight excluding hydrogens is 242 g/mol. The Morgan fingerprint density at radius 3 is 2.81 bits per heavy atom. The summed E-state index contributed by atoms with van der Waals surface area (Å²) in [6, 6.07) is 9.48. The van der Waals surface area contributed by atoms with Gasteiger partial charge in [0.05, 0.1) is 12.0 Å². The molecular formula is C12H12ClNOS. The van der Waals surface area contributed by atoms with Crippen LogP contribution in [-0.2, 0) is 11.5 Å². The molecule has 84 valence electrons. The van der Waals surface area contributed by atoms with E-state index in [1.165, 1.54) is 0 Å². The molecule has 2 aromatic rings.